The van der Waals surface area contributed by atoms with Crippen LogP contribution in [-0.4, -0.2) is 25.2 Å². The minimum absolute atomic E-state index is 0.0884. The fourth-order valence-corrected chi connectivity index (χ4v) is 3.57. The molecule has 0 radical (unpaired) electrons. The van der Waals surface area contributed by atoms with E-state index in [1.807, 2.05) is 0 Å². The number of aromatic nitrogens is 3. The standard InChI is InChI=1S/C25H20ClFN4O5/c1-2-30-23(32)13-21(31(25(30)35)14-15-6-8-16(26)9-7-15)28-17-10-11-20(18(27)12-17)36-22-5-3-4-19(29-22)24(33)34/h3-13,28H,2,14H2,1H3,(H,33,34). The molecule has 4 aromatic rings. The second-order valence-electron chi connectivity index (χ2n) is 7.65. The lowest BCUT2D eigenvalue weighted by atomic mass is 10.2. The minimum atomic E-state index is -1.24. The molecule has 184 valence electrons. The number of carboxylic acids is 1. The quantitative estimate of drug-likeness (QED) is 0.358. The van der Waals surface area contributed by atoms with Gasteiger partial charge in [0.1, 0.15) is 5.82 Å². The summed E-state index contributed by atoms with van der Waals surface area (Å²) in [5.41, 5.74) is -0.233. The van der Waals surface area contributed by atoms with Gasteiger partial charge < -0.3 is 15.2 Å². The van der Waals surface area contributed by atoms with Gasteiger partial charge in [0, 0.05) is 35.5 Å². The van der Waals surface area contributed by atoms with E-state index in [0.717, 1.165) is 16.2 Å². The summed E-state index contributed by atoms with van der Waals surface area (Å²) in [7, 11) is 0. The monoisotopic (exact) mass is 510 g/mol. The van der Waals surface area contributed by atoms with Crippen molar-refractivity contribution in [1.29, 1.82) is 0 Å². The predicted molar refractivity (Wildman–Crippen MR) is 132 cm³/mol. The lowest BCUT2D eigenvalue weighted by Crippen LogP contribution is -2.40. The molecule has 4 rings (SSSR count). The molecule has 11 heteroatoms. The first-order chi connectivity index (χ1) is 17.2. The first kappa shape index (κ1) is 24.7. The van der Waals surface area contributed by atoms with Crippen molar-refractivity contribution in [1.82, 2.24) is 14.1 Å². The number of nitrogens with zero attached hydrogens (tertiary/aromatic N) is 3. The highest BCUT2D eigenvalue weighted by molar-refractivity contribution is 6.30. The second-order valence-corrected chi connectivity index (χ2v) is 8.08. The Hall–Kier alpha value is -4.44. The van der Waals surface area contributed by atoms with Crippen LogP contribution in [0.2, 0.25) is 5.02 Å². The molecule has 0 spiro atoms. The number of halogens is 2. The largest absolute Gasteiger partial charge is 0.477 e. The summed E-state index contributed by atoms with van der Waals surface area (Å²) in [5.74, 6) is -2.11. The number of hydrogen-bond donors (Lipinski definition) is 2. The molecule has 0 unspecified atom stereocenters. The topological polar surface area (TPSA) is 115 Å². The first-order valence-corrected chi connectivity index (χ1v) is 11.2. The van der Waals surface area contributed by atoms with Crippen molar-refractivity contribution in [3.05, 3.63) is 110 Å². The molecule has 2 heterocycles. The van der Waals surface area contributed by atoms with Crippen LogP contribution in [0.1, 0.15) is 23.0 Å². The van der Waals surface area contributed by atoms with Crippen molar-refractivity contribution in [2.75, 3.05) is 5.32 Å². The van der Waals surface area contributed by atoms with Gasteiger partial charge in [-0.15, -0.1) is 0 Å². The number of rotatable bonds is 8. The van der Waals surface area contributed by atoms with E-state index in [-0.39, 0.29) is 41.9 Å². The second kappa shape index (κ2) is 10.4. The SMILES string of the molecule is CCn1c(=O)cc(Nc2ccc(Oc3cccc(C(=O)O)n3)c(F)c2)n(Cc2ccc(Cl)cc2)c1=O. The summed E-state index contributed by atoms with van der Waals surface area (Å²) in [6.45, 7) is 2.03. The summed E-state index contributed by atoms with van der Waals surface area (Å²) in [6, 6.07) is 16.2. The number of benzene rings is 2. The summed E-state index contributed by atoms with van der Waals surface area (Å²) < 4.78 is 22.7. The van der Waals surface area contributed by atoms with Crippen molar-refractivity contribution >= 4 is 29.1 Å². The molecule has 0 aliphatic rings. The van der Waals surface area contributed by atoms with Crippen molar-refractivity contribution in [2.45, 2.75) is 20.0 Å². The Bertz CT molecular complexity index is 1550. The van der Waals surface area contributed by atoms with E-state index < -0.39 is 23.0 Å². The van der Waals surface area contributed by atoms with Gasteiger partial charge in [0.05, 0.1) is 6.54 Å². The molecule has 2 aromatic carbocycles. The average Bonchev–Trinajstić information content (AvgIpc) is 2.85. The van der Waals surface area contributed by atoms with Crippen molar-refractivity contribution < 1.29 is 19.0 Å². The normalized spacial score (nSPS) is 10.8. The molecule has 9 nitrogen and oxygen atoms in total. The molecular weight excluding hydrogens is 491 g/mol. The van der Waals surface area contributed by atoms with Crippen LogP contribution in [0.25, 0.3) is 0 Å². The van der Waals surface area contributed by atoms with E-state index in [4.69, 9.17) is 21.4 Å². The van der Waals surface area contributed by atoms with Gasteiger partial charge in [0.2, 0.25) is 5.88 Å². The zero-order valence-corrected chi connectivity index (χ0v) is 19.7. The third-order valence-electron chi connectivity index (χ3n) is 5.21. The summed E-state index contributed by atoms with van der Waals surface area (Å²) in [4.78, 5) is 40.4. The summed E-state index contributed by atoms with van der Waals surface area (Å²) in [6.07, 6.45) is 0. The molecule has 0 fully saturated rings. The van der Waals surface area contributed by atoms with Gasteiger partial charge in [-0.25, -0.2) is 19.0 Å². The van der Waals surface area contributed by atoms with E-state index >= 15 is 0 Å². The molecule has 0 aliphatic carbocycles. The van der Waals surface area contributed by atoms with Crippen LogP contribution < -0.4 is 21.3 Å². The van der Waals surface area contributed by atoms with E-state index in [1.165, 1.54) is 41.0 Å². The number of hydrogen-bond acceptors (Lipinski definition) is 6. The summed E-state index contributed by atoms with van der Waals surface area (Å²) in [5, 5.41) is 12.5. The third kappa shape index (κ3) is 5.44. The Morgan fingerprint density at radius 3 is 2.50 bits per heavy atom. The number of carboxylic acid groups (broad SMARTS) is 1. The molecule has 0 atom stereocenters. The predicted octanol–water partition coefficient (Wildman–Crippen LogP) is 4.50. The fourth-order valence-electron chi connectivity index (χ4n) is 3.45. The van der Waals surface area contributed by atoms with Crippen LogP contribution >= 0.6 is 11.6 Å². The van der Waals surface area contributed by atoms with Gasteiger partial charge in [-0.05, 0) is 42.8 Å². The number of aromatic carboxylic acids is 1. The Kier molecular flexibility index (Phi) is 7.16. The van der Waals surface area contributed by atoms with Crippen LogP contribution in [0.4, 0.5) is 15.9 Å². The smallest absolute Gasteiger partial charge is 0.354 e. The Morgan fingerprint density at radius 2 is 1.83 bits per heavy atom. The van der Waals surface area contributed by atoms with E-state index in [0.29, 0.717) is 5.02 Å². The minimum Gasteiger partial charge on any atom is -0.477 e. The van der Waals surface area contributed by atoms with Gasteiger partial charge in [-0.3, -0.25) is 13.9 Å². The fraction of sp³-hybridized carbons (Fsp3) is 0.120. The molecule has 0 saturated heterocycles. The Morgan fingerprint density at radius 1 is 1.08 bits per heavy atom. The van der Waals surface area contributed by atoms with Crippen LogP contribution in [-0.2, 0) is 13.1 Å². The van der Waals surface area contributed by atoms with Gasteiger partial charge in [-0.1, -0.05) is 29.8 Å². The maximum Gasteiger partial charge on any atom is 0.354 e. The number of carbonyl (C=O) groups is 1. The molecule has 2 aromatic heterocycles. The van der Waals surface area contributed by atoms with Crippen LogP contribution in [0.15, 0.2) is 76.3 Å². The van der Waals surface area contributed by atoms with E-state index in [1.54, 1.807) is 31.2 Å². The molecule has 36 heavy (non-hydrogen) atoms. The first-order valence-electron chi connectivity index (χ1n) is 10.8. The molecular formula is C25H20ClFN4O5. The third-order valence-corrected chi connectivity index (χ3v) is 5.46. The van der Waals surface area contributed by atoms with Crippen molar-refractivity contribution in [2.24, 2.45) is 0 Å². The van der Waals surface area contributed by atoms with Gasteiger partial charge in [0.25, 0.3) is 5.56 Å². The van der Waals surface area contributed by atoms with Crippen LogP contribution in [0.5, 0.6) is 11.6 Å². The average molecular weight is 511 g/mol. The molecule has 0 saturated carbocycles. The number of anilines is 2. The van der Waals surface area contributed by atoms with Crippen molar-refractivity contribution in [3.63, 3.8) is 0 Å². The number of pyridine rings is 1. The van der Waals surface area contributed by atoms with Gasteiger partial charge in [-0.2, -0.15) is 0 Å². The molecule has 0 aliphatic heterocycles. The zero-order chi connectivity index (χ0) is 25.8. The maximum atomic E-state index is 14.8. The van der Waals surface area contributed by atoms with Crippen LogP contribution in [0.3, 0.4) is 0 Å². The van der Waals surface area contributed by atoms with Crippen LogP contribution in [0, 0.1) is 5.82 Å². The number of nitrogens with one attached hydrogen (secondary N) is 1. The van der Waals surface area contributed by atoms with E-state index in [2.05, 4.69) is 10.3 Å². The molecule has 2 N–H and O–H groups in total. The highest BCUT2D eigenvalue weighted by Gasteiger charge is 2.14. The molecule has 0 amide bonds. The van der Waals surface area contributed by atoms with Gasteiger partial charge in [0.15, 0.2) is 17.3 Å². The highest BCUT2D eigenvalue weighted by atomic mass is 35.5. The Labute approximate surface area is 209 Å². The van der Waals surface area contributed by atoms with E-state index in [9.17, 15) is 18.8 Å². The number of ether oxygens (including phenoxy) is 1. The lowest BCUT2D eigenvalue weighted by Gasteiger charge is -2.17. The summed E-state index contributed by atoms with van der Waals surface area (Å²) >= 11 is 5.95. The highest BCUT2D eigenvalue weighted by Crippen LogP contribution is 2.27. The molecule has 0 bridgehead atoms. The maximum absolute atomic E-state index is 14.8. The zero-order valence-electron chi connectivity index (χ0n) is 18.9. The van der Waals surface area contributed by atoms with Gasteiger partial charge >= 0.3 is 11.7 Å². The Balaban J connectivity index is 1.64. The lowest BCUT2D eigenvalue weighted by molar-refractivity contribution is 0.0689. The van der Waals surface area contributed by atoms with Crippen molar-refractivity contribution in [3.8, 4) is 11.6 Å².